The van der Waals surface area contributed by atoms with E-state index < -0.39 is 5.82 Å². The van der Waals surface area contributed by atoms with Gasteiger partial charge in [0.15, 0.2) is 0 Å². The van der Waals surface area contributed by atoms with Crippen LogP contribution in [-0.2, 0) is 16.1 Å². The fraction of sp³-hybridized carbons (Fsp3) is 0.656. The van der Waals surface area contributed by atoms with Crippen LogP contribution in [0.3, 0.4) is 0 Å². The monoisotopic (exact) mass is 609 g/mol. The van der Waals surface area contributed by atoms with Crippen LogP contribution >= 0.6 is 11.8 Å². The Hall–Kier alpha value is -2.59. The van der Waals surface area contributed by atoms with Crippen LogP contribution in [0, 0.1) is 5.82 Å². The second-order valence-corrected chi connectivity index (χ2v) is 11.0. The molecule has 2 heterocycles. The predicted molar refractivity (Wildman–Crippen MR) is 175 cm³/mol. The van der Waals surface area contributed by atoms with Crippen LogP contribution in [-0.4, -0.2) is 61.8 Å². The molecule has 0 spiro atoms. The van der Waals surface area contributed by atoms with Crippen LogP contribution in [0.2, 0.25) is 0 Å². The molecule has 2 unspecified atom stereocenters. The third-order valence-electron chi connectivity index (χ3n) is 6.41. The molecule has 5 N–H and O–H groups in total. The van der Waals surface area contributed by atoms with Gasteiger partial charge in [0.2, 0.25) is 5.91 Å². The highest BCUT2D eigenvalue weighted by molar-refractivity contribution is 7.99. The van der Waals surface area contributed by atoms with E-state index in [9.17, 15) is 18.8 Å². The molecule has 2 saturated heterocycles. The predicted octanol–water partition coefficient (Wildman–Crippen LogP) is 5.29. The fourth-order valence-electron chi connectivity index (χ4n) is 3.97. The molecular weight excluding hydrogens is 553 g/mol. The number of halogens is 1. The number of thioether (sulfide) groups is 1. The topological polar surface area (TPSA) is 111 Å². The minimum Gasteiger partial charge on any atom is -0.367 e. The van der Waals surface area contributed by atoms with Gasteiger partial charge < -0.3 is 31.4 Å². The lowest BCUT2D eigenvalue weighted by Gasteiger charge is -2.09. The van der Waals surface area contributed by atoms with Gasteiger partial charge in [-0.3, -0.25) is 9.59 Å². The average Bonchev–Trinajstić information content (AvgIpc) is 3.58. The molecule has 2 amide bonds. The Morgan fingerprint density at radius 2 is 1.67 bits per heavy atom. The van der Waals surface area contributed by atoms with Gasteiger partial charge in [-0.2, -0.15) is 11.8 Å². The lowest BCUT2D eigenvalue weighted by Crippen LogP contribution is -2.31. The number of aldehydes is 1. The molecule has 0 aromatic heterocycles. The van der Waals surface area contributed by atoms with Gasteiger partial charge in [-0.15, -0.1) is 0 Å². The highest BCUT2D eigenvalue weighted by atomic mass is 32.2. The molecular formula is C32H56FN5O3S. The van der Waals surface area contributed by atoms with E-state index in [1.807, 2.05) is 39.6 Å². The molecule has 1 aromatic carbocycles. The molecule has 2 aliphatic rings. The van der Waals surface area contributed by atoms with Crippen molar-refractivity contribution in [1.29, 1.82) is 0 Å². The molecule has 240 valence electrons. The van der Waals surface area contributed by atoms with Crippen molar-refractivity contribution in [1.82, 2.24) is 26.6 Å². The van der Waals surface area contributed by atoms with E-state index in [0.717, 1.165) is 70.0 Å². The van der Waals surface area contributed by atoms with Crippen LogP contribution in [0.4, 0.5) is 4.39 Å². The molecule has 0 radical (unpaired) electrons. The lowest BCUT2D eigenvalue weighted by atomic mass is 10.1. The molecule has 3 rings (SSSR count). The summed E-state index contributed by atoms with van der Waals surface area (Å²) in [5.74, 6) is 2.64. The number of hydrogen-bond acceptors (Lipinski definition) is 7. The number of carbonyl (C=O) groups excluding carboxylic acids is 3. The zero-order valence-electron chi connectivity index (χ0n) is 26.6. The van der Waals surface area contributed by atoms with E-state index in [2.05, 4.69) is 40.1 Å². The van der Waals surface area contributed by atoms with Crippen molar-refractivity contribution in [3.05, 3.63) is 47.5 Å². The van der Waals surface area contributed by atoms with E-state index in [4.69, 9.17) is 0 Å². The number of hydrogen-bond donors (Lipinski definition) is 5. The van der Waals surface area contributed by atoms with Gasteiger partial charge in [-0.1, -0.05) is 59.6 Å². The maximum Gasteiger partial charge on any atom is 0.251 e. The first-order chi connectivity index (χ1) is 20.4. The van der Waals surface area contributed by atoms with E-state index >= 15 is 0 Å². The van der Waals surface area contributed by atoms with Crippen molar-refractivity contribution in [3.8, 4) is 0 Å². The summed E-state index contributed by atoms with van der Waals surface area (Å²) in [4.78, 5) is 33.2. The Balaban J connectivity index is 0.000000794. The Bertz CT molecular complexity index is 889. The van der Waals surface area contributed by atoms with Crippen LogP contribution < -0.4 is 26.6 Å². The van der Waals surface area contributed by atoms with Crippen LogP contribution in [0.1, 0.15) is 101 Å². The van der Waals surface area contributed by atoms with E-state index in [0.29, 0.717) is 36.2 Å². The minimum atomic E-state index is -0.475. The Labute approximate surface area is 258 Å². The Kier molecular flexibility index (Phi) is 24.5. The molecule has 42 heavy (non-hydrogen) atoms. The van der Waals surface area contributed by atoms with Crippen molar-refractivity contribution in [2.75, 3.05) is 31.6 Å². The van der Waals surface area contributed by atoms with Crippen molar-refractivity contribution in [2.24, 2.45) is 0 Å². The normalized spacial score (nSPS) is 16.1. The van der Waals surface area contributed by atoms with Gasteiger partial charge in [0.05, 0.1) is 17.9 Å². The van der Waals surface area contributed by atoms with Crippen LogP contribution in [0.15, 0.2) is 30.6 Å². The molecule has 10 heteroatoms. The summed E-state index contributed by atoms with van der Waals surface area (Å²) >= 11 is 2.00. The van der Waals surface area contributed by atoms with Gasteiger partial charge in [0, 0.05) is 48.6 Å². The number of rotatable bonds is 15. The molecule has 2 aliphatic heterocycles. The van der Waals surface area contributed by atoms with Crippen molar-refractivity contribution >= 4 is 29.9 Å². The largest absolute Gasteiger partial charge is 0.367 e. The molecule has 8 nitrogen and oxygen atoms in total. The van der Waals surface area contributed by atoms with E-state index in [-0.39, 0.29) is 18.4 Å². The third kappa shape index (κ3) is 18.1. The molecule has 0 bridgehead atoms. The quantitative estimate of drug-likeness (QED) is 0.136. The van der Waals surface area contributed by atoms with Gasteiger partial charge in [-0.05, 0) is 51.4 Å². The first-order valence-electron chi connectivity index (χ1n) is 15.6. The summed E-state index contributed by atoms with van der Waals surface area (Å²) in [5, 5.41) is 15.1. The smallest absolute Gasteiger partial charge is 0.251 e. The van der Waals surface area contributed by atoms with Crippen LogP contribution in [0.25, 0.3) is 0 Å². The van der Waals surface area contributed by atoms with Crippen molar-refractivity contribution in [3.63, 3.8) is 0 Å². The molecule has 1 aromatic rings. The van der Waals surface area contributed by atoms with Crippen LogP contribution in [0.5, 0.6) is 0 Å². The Morgan fingerprint density at radius 1 is 1.00 bits per heavy atom. The summed E-state index contributed by atoms with van der Waals surface area (Å²) < 4.78 is 14.1. The first kappa shape index (κ1) is 39.4. The van der Waals surface area contributed by atoms with E-state index in [1.165, 1.54) is 17.6 Å². The minimum absolute atomic E-state index is 0.0785. The van der Waals surface area contributed by atoms with Crippen molar-refractivity contribution in [2.45, 2.75) is 104 Å². The maximum absolute atomic E-state index is 14.1. The molecule has 2 atom stereocenters. The Morgan fingerprint density at radius 3 is 2.21 bits per heavy atom. The van der Waals surface area contributed by atoms with Gasteiger partial charge >= 0.3 is 0 Å². The number of unbranched alkanes of at least 4 members (excludes halogenated alkanes) is 5. The zero-order chi connectivity index (χ0) is 31.6. The zero-order valence-corrected chi connectivity index (χ0v) is 27.4. The highest BCUT2D eigenvalue weighted by Gasteiger charge is 2.32. The SMILES string of the molecule is C=C1NC2CSCC2N1.CC.CCCCC=O.CCCCNC(=O)c1ccc(CNC(=O)CCCCCNC)c(F)c1. The number of benzene rings is 1. The molecule has 0 saturated carbocycles. The van der Waals surface area contributed by atoms with Gasteiger partial charge in [-0.25, -0.2) is 4.39 Å². The summed E-state index contributed by atoms with van der Waals surface area (Å²) in [6.07, 6.45) is 9.05. The number of carbonyl (C=O) groups is 3. The highest BCUT2D eigenvalue weighted by Crippen LogP contribution is 2.22. The fourth-order valence-corrected chi connectivity index (χ4v) is 5.25. The van der Waals surface area contributed by atoms with E-state index in [1.54, 1.807) is 12.1 Å². The van der Waals surface area contributed by atoms with Gasteiger partial charge in [0.25, 0.3) is 5.91 Å². The van der Waals surface area contributed by atoms with Gasteiger partial charge in [0.1, 0.15) is 12.1 Å². The number of fused-ring (bicyclic) bond motifs is 1. The summed E-state index contributed by atoms with van der Waals surface area (Å²) in [5.41, 5.74) is 0.682. The number of amides is 2. The first-order valence-corrected chi connectivity index (χ1v) is 16.7. The summed E-state index contributed by atoms with van der Waals surface area (Å²) in [6, 6.07) is 5.67. The summed E-state index contributed by atoms with van der Waals surface area (Å²) in [7, 11) is 1.90. The molecule has 0 aliphatic carbocycles. The maximum atomic E-state index is 14.1. The second kappa shape index (κ2) is 26.1. The van der Waals surface area contributed by atoms with Crippen molar-refractivity contribution < 1.29 is 18.8 Å². The average molecular weight is 610 g/mol. The standard InChI is InChI=1S/C19H30FN3O2.C6H10N2S.C5H10O.C2H6/c1-3-4-12-22-19(25)15-9-10-16(17(20)13-15)14-23-18(24)8-6-5-7-11-21-2;1-4-7-5-2-9-3-6(5)8-4;1-2-3-4-5-6;1-2/h9-10,13,21H,3-8,11-12,14H2,1-2H3,(H,22,25)(H,23,24);5-8H,1-3H2;5H,2-4H2,1H3;1-2H3. The molecule has 2 fully saturated rings. The third-order valence-corrected chi connectivity index (χ3v) is 7.60. The second-order valence-electron chi connectivity index (χ2n) is 9.93. The number of nitrogens with one attached hydrogen (secondary N) is 5. The summed E-state index contributed by atoms with van der Waals surface area (Å²) in [6.45, 7) is 13.6. The lowest BCUT2D eigenvalue weighted by molar-refractivity contribution is -0.121.